The highest BCUT2D eigenvalue weighted by atomic mass is 32.2. The summed E-state index contributed by atoms with van der Waals surface area (Å²) in [6.07, 6.45) is 0. The highest BCUT2D eigenvalue weighted by molar-refractivity contribution is 7.99. The molecule has 1 amide bonds. The van der Waals surface area contributed by atoms with Crippen LogP contribution in [0.5, 0.6) is 0 Å². The first-order valence-electron chi connectivity index (χ1n) is 6.93. The molecule has 2 rings (SSSR count). The van der Waals surface area contributed by atoms with E-state index in [9.17, 15) is 4.79 Å². The van der Waals surface area contributed by atoms with Gasteiger partial charge in [-0.15, -0.1) is 11.8 Å². The fourth-order valence-corrected chi connectivity index (χ4v) is 2.98. The van der Waals surface area contributed by atoms with Crippen LogP contribution < -0.4 is 5.32 Å². The third-order valence-electron chi connectivity index (χ3n) is 3.34. The molecule has 0 spiro atoms. The number of rotatable bonds is 6. The van der Waals surface area contributed by atoms with Gasteiger partial charge in [0.1, 0.15) is 5.76 Å². The molecule has 1 heterocycles. The second-order valence-corrected chi connectivity index (χ2v) is 6.29. The summed E-state index contributed by atoms with van der Waals surface area (Å²) in [6.45, 7) is 6.31. The van der Waals surface area contributed by atoms with E-state index < -0.39 is 0 Å². The van der Waals surface area contributed by atoms with E-state index in [0.717, 1.165) is 28.3 Å². The standard InChI is InChI=1S/C16H20N2O2S/c1-11-15(12(2)20-18-11)10-21-13(3)16(19)17-9-14-7-5-4-6-8-14/h4-8,13H,9-10H2,1-3H3,(H,17,19)/t13-/m0/s1. The summed E-state index contributed by atoms with van der Waals surface area (Å²) in [7, 11) is 0. The number of carbonyl (C=O) groups excluding carboxylic acids is 1. The molecule has 21 heavy (non-hydrogen) atoms. The fourth-order valence-electron chi connectivity index (χ4n) is 1.92. The van der Waals surface area contributed by atoms with E-state index in [4.69, 9.17) is 4.52 Å². The van der Waals surface area contributed by atoms with Crippen LogP contribution in [0.4, 0.5) is 0 Å². The van der Waals surface area contributed by atoms with Crippen molar-refractivity contribution in [1.29, 1.82) is 0 Å². The largest absolute Gasteiger partial charge is 0.361 e. The van der Waals surface area contributed by atoms with Gasteiger partial charge in [0.05, 0.1) is 10.9 Å². The number of nitrogens with one attached hydrogen (secondary N) is 1. The predicted octanol–water partition coefficient (Wildman–Crippen LogP) is 3.23. The van der Waals surface area contributed by atoms with E-state index in [0.29, 0.717) is 6.54 Å². The molecular formula is C16H20N2O2S. The lowest BCUT2D eigenvalue weighted by atomic mass is 10.2. The lowest BCUT2D eigenvalue weighted by Gasteiger charge is -2.12. The summed E-state index contributed by atoms with van der Waals surface area (Å²) in [6, 6.07) is 9.91. The minimum absolute atomic E-state index is 0.0515. The molecule has 2 aromatic rings. The summed E-state index contributed by atoms with van der Waals surface area (Å²) in [4.78, 5) is 12.1. The summed E-state index contributed by atoms with van der Waals surface area (Å²) in [5.74, 6) is 1.62. The predicted molar refractivity (Wildman–Crippen MR) is 85.0 cm³/mol. The van der Waals surface area contributed by atoms with Crippen molar-refractivity contribution >= 4 is 17.7 Å². The molecule has 4 nitrogen and oxygen atoms in total. The first kappa shape index (κ1) is 15.6. The molecule has 0 unspecified atom stereocenters. The zero-order chi connectivity index (χ0) is 15.2. The van der Waals surface area contributed by atoms with Gasteiger partial charge in [0.2, 0.25) is 5.91 Å². The number of aromatic nitrogens is 1. The van der Waals surface area contributed by atoms with Crippen molar-refractivity contribution in [2.75, 3.05) is 0 Å². The number of thioether (sulfide) groups is 1. The van der Waals surface area contributed by atoms with Gasteiger partial charge in [-0.3, -0.25) is 4.79 Å². The molecule has 1 N–H and O–H groups in total. The van der Waals surface area contributed by atoms with Crippen molar-refractivity contribution in [3.05, 3.63) is 52.9 Å². The molecule has 0 bridgehead atoms. The van der Waals surface area contributed by atoms with Crippen LogP contribution in [-0.4, -0.2) is 16.3 Å². The second kappa shape index (κ2) is 7.31. The lowest BCUT2D eigenvalue weighted by Crippen LogP contribution is -2.30. The topological polar surface area (TPSA) is 55.1 Å². The molecule has 1 aromatic heterocycles. The maximum atomic E-state index is 12.1. The molecule has 5 heteroatoms. The van der Waals surface area contributed by atoms with Crippen molar-refractivity contribution in [3.8, 4) is 0 Å². The maximum absolute atomic E-state index is 12.1. The molecule has 0 aliphatic heterocycles. The van der Waals surface area contributed by atoms with E-state index in [1.807, 2.05) is 51.1 Å². The molecule has 0 aliphatic rings. The Bertz CT molecular complexity index is 576. The Balaban J connectivity index is 1.80. The van der Waals surface area contributed by atoms with Crippen LogP contribution in [0.15, 0.2) is 34.9 Å². The second-order valence-electron chi connectivity index (χ2n) is 4.96. The van der Waals surface area contributed by atoms with E-state index in [2.05, 4.69) is 10.5 Å². The number of carbonyl (C=O) groups is 1. The normalized spacial score (nSPS) is 12.1. The Morgan fingerprint density at radius 3 is 2.67 bits per heavy atom. The Labute approximate surface area is 129 Å². The van der Waals surface area contributed by atoms with Gasteiger partial charge in [0.25, 0.3) is 0 Å². The smallest absolute Gasteiger partial charge is 0.233 e. The van der Waals surface area contributed by atoms with Crippen molar-refractivity contribution in [1.82, 2.24) is 10.5 Å². The molecule has 1 aromatic carbocycles. The van der Waals surface area contributed by atoms with Crippen molar-refractivity contribution in [2.45, 2.75) is 38.3 Å². The fraction of sp³-hybridized carbons (Fsp3) is 0.375. The van der Waals surface area contributed by atoms with Crippen LogP contribution in [0.1, 0.15) is 29.5 Å². The van der Waals surface area contributed by atoms with Gasteiger partial charge >= 0.3 is 0 Å². The van der Waals surface area contributed by atoms with Gasteiger partial charge in [0.15, 0.2) is 0 Å². The van der Waals surface area contributed by atoms with Gasteiger partial charge in [-0.25, -0.2) is 0 Å². The average molecular weight is 304 g/mol. The Kier molecular flexibility index (Phi) is 5.44. The minimum atomic E-state index is -0.109. The highest BCUT2D eigenvalue weighted by Gasteiger charge is 2.16. The molecule has 0 radical (unpaired) electrons. The molecule has 0 aliphatic carbocycles. The molecule has 1 atom stereocenters. The van der Waals surface area contributed by atoms with Crippen LogP contribution >= 0.6 is 11.8 Å². The van der Waals surface area contributed by atoms with Crippen LogP contribution in [0.2, 0.25) is 0 Å². The summed E-state index contributed by atoms with van der Waals surface area (Å²) in [5.41, 5.74) is 3.09. The van der Waals surface area contributed by atoms with Gasteiger partial charge in [-0.2, -0.15) is 0 Å². The Morgan fingerprint density at radius 1 is 1.33 bits per heavy atom. The van der Waals surface area contributed by atoms with E-state index in [1.165, 1.54) is 0 Å². The van der Waals surface area contributed by atoms with Gasteiger partial charge in [-0.1, -0.05) is 35.5 Å². The zero-order valence-corrected chi connectivity index (χ0v) is 13.4. The Morgan fingerprint density at radius 2 is 2.05 bits per heavy atom. The first-order valence-corrected chi connectivity index (χ1v) is 7.97. The number of nitrogens with zero attached hydrogens (tertiary/aromatic N) is 1. The Hall–Kier alpha value is -1.75. The van der Waals surface area contributed by atoms with Crippen LogP contribution in [0, 0.1) is 13.8 Å². The quantitative estimate of drug-likeness (QED) is 0.890. The lowest BCUT2D eigenvalue weighted by molar-refractivity contribution is -0.120. The molecule has 0 fully saturated rings. The number of benzene rings is 1. The summed E-state index contributed by atoms with van der Waals surface area (Å²) >= 11 is 1.59. The van der Waals surface area contributed by atoms with Crippen LogP contribution in [0.3, 0.4) is 0 Å². The monoisotopic (exact) mass is 304 g/mol. The first-order chi connectivity index (χ1) is 10.1. The van der Waals surface area contributed by atoms with Gasteiger partial charge < -0.3 is 9.84 Å². The van der Waals surface area contributed by atoms with Crippen molar-refractivity contribution in [2.24, 2.45) is 0 Å². The maximum Gasteiger partial charge on any atom is 0.233 e. The van der Waals surface area contributed by atoms with E-state index >= 15 is 0 Å². The van der Waals surface area contributed by atoms with E-state index in [-0.39, 0.29) is 11.2 Å². The highest BCUT2D eigenvalue weighted by Crippen LogP contribution is 2.22. The van der Waals surface area contributed by atoms with Gasteiger partial charge in [0, 0.05) is 17.9 Å². The third-order valence-corrected chi connectivity index (χ3v) is 4.51. The number of amides is 1. The SMILES string of the molecule is Cc1noc(C)c1CS[C@@H](C)C(=O)NCc1ccccc1. The molecule has 112 valence electrons. The molecule has 0 saturated carbocycles. The molecular weight excluding hydrogens is 284 g/mol. The third kappa shape index (κ3) is 4.36. The molecule has 0 saturated heterocycles. The number of aryl methyl sites for hydroxylation is 2. The average Bonchev–Trinajstić information content (AvgIpc) is 2.82. The van der Waals surface area contributed by atoms with Crippen LogP contribution in [0.25, 0.3) is 0 Å². The number of hydrogen-bond acceptors (Lipinski definition) is 4. The summed E-state index contributed by atoms with van der Waals surface area (Å²) in [5, 5.41) is 6.78. The van der Waals surface area contributed by atoms with Crippen LogP contribution in [-0.2, 0) is 17.1 Å². The minimum Gasteiger partial charge on any atom is -0.361 e. The summed E-state index contributed by atoms with van der Waals surface area (Å²) < 4.78 is 5.13. The van der Waals surface area contributed by atoms with Crippen molar-refractivity contribution < 1.29 is 9.32 Å². The van der Waals surface area contributed by atoms with Crippen molar-refractivity contribution in [3.63, 3.8) is 0 Å². The van der Waals surface area contributed by atoms with E-state index in [1.54, 1.807) is 11.8 Å². The number of hydrogen-bond donors (Lipinski definition) is 1. The zero-order valence-electron chi connectivity index (χ0n) is 12.6. The van der Waals surface area contributed by atoms with Gasteiger partial charge in [-0.05, 0) is 26.3 Å².